The van der Waals surface area contributed by atoms with Gasteiger partial charge in [0.25, 0.3) is 0 Å². The third-order valence-electron chi connectivity index (χ3n) is 3.73. The summed E-state index contributed by atoms with van der Waals surface area (Å²) in [6.07, 6.45) is 1.02. The molecule has 2 aromatic carbocycles. The maximum absolute atomic E-state index is 9.42. The molecule has 0 aliphatic heterocycles. The highest BCUT2D eigenvalue weighted by molar-refractivity contribution is 9.09. The van der Waals surface area contributed by atoms with Gasteiger partial charge in [-0.05, 0) is 47.7 Å². The SMILES string of the molecule is CCC(c1ccc(O)cc1)C(C[77Br])c1ccc(O)cc1. The van der Waals surface area contributed by atoms with Gasteiger partial charge in [-0.3, -0.25) is 0 Å². The first-order valence-electron chi connectivity index (χ1n) is 6.79. The number of phenolic OH excluding ortho intramolecular Hbond substituents is 2. The first-order valence-corrected chi connectivity index (χ1v) is 7.91. The lowest BCUT2D eigenvalue weighted by Crippen LogP contribution is -2.12. The second-order valence-corrected chi connectivity index (χ2v) is 5.61. The maximum Gasteiger partial charge on any atom is 0.115 e. The van der Waals surface area contributed by atoms with Gasteiger partial charge in [-0.15, -0.1) is 0 Å². The first-order chi connectivity index (χ1) is 9.65. The molecule has 0 spiro atoms. The highest BCUT2D eigenvalue weighted by Gasteiger charge is 2.22. The summed E-state index contributed by atoms with van der Waals surface area (Å²) in [6, 6.07) is 14.9. The van der Waals surface area contributed by atoms with Crippen LogP contribution < -0.4 is 0 Å². The van der Waals surface area contributed by atoms with Crippen molar-refractivity contribution in [3.8, 4) is 11.5 Å². The summed E-state index contributed by atoms with van der Waals surface area (Å²) in [5.74, 6) is 1.30. The molecule has 2 atom stereocenters. The number of benzene rings is 2. The van der Waals surface area contributed by atoms with Crippen LogP contribution in [0.2, 0.25) is 0 Å². The third-order valence-corrected chi connectivity index (χ3v) is 4.43. The first kappa shape index (κ1) is 14.9. The molecule has 0 bridgehead atoms. The fraction of sp³-hybridized carbons (Fsp3) is 0.294. The predicted octanol–water partition coefficient (Wildman–Crippen LogP) is 4.77. The Morgan fingerprint density at radius 1 is 0.800 bits per heavy atom. The van der Waals surface area contributed by atoms with Crippen molar-refractivity contribution in [3.63, 3.8) is 0 Å². The van der Waals surface area contributed by atoms with Crippen molar-refractivity contribution in [2.24, 2.45) is 0 Å². The van der Waals surface area contributed by atoms with Crippen LogP contribution in [0.25, 0.3) is 0 Å². The van der Waals surface area contributed by atoms with E-state index in [1.54, 1.807) is 24.3 Å². The Kier molecular flexibility index (Phi) is 5.07. The van der Waals surface area contributed by atoms with Gasteiger partial charge < -0.3 is 10.2 Å². The van der Waals surface area contributed by atoms with E-state index < -0.39 is 0 Å². The average molecular weight is 332 g/mol. The summed E-state index contributed by atoms with van der Waals surface area (Å²) < 4.78 is 0. The minimum absolute atomic E-state index is 0.291. The molecule has 0 aliphatic rings. The number of alkyl halides is 1. The van der Waals surface area contributed by atoms with Crippen LogP contribution in [0.15, 0.2) is 48.5 Å². The van der Waals surface area contributed by atoms with Gasteiger partial charge >= 0.3 is 0 Å². The van der Waals surface area contributed by atoms with Crippen molar-refractivity contribution in [2.45, 2.75) is 25.2 Å². The summed E-state index contributed by atoms with van der Waals surface area (Å²) >= 11 is 3.61. The van der Waals surface area contributed by atoms with Crippen LogP contribution in [-0.4, -0.2) is 15.5 Å². The molecule has 0 saturated carbocycles. The Bertz CT molecular complexity index is 482. The van der Waals surface area contributed by atoms with Crippen LogP contribution in [0.1, 0.15) is 36.3 Å². The summed E-state index contributed by atoms with van der Waals surface area (Å²) in [6.45, 7) is 2.17. The standard InChI is InChI=1S/C17H19BrO2/c1-2-16(12-3-7-14(19)8-4-12)17(11-18)13-5-9-15(20)10-6-13/h3-10,16-17,19-20H,2,11H2,1H3/i18-3. The number of rotatable bonds is 5. The molecule has 2 unspecified atom stereocenters. The Morgan fingerprint density at radius 2 is 1.20 bits per heavy atom. The molecule has 3 heteroatoms. The van der Waals surface area contributed by atoms with E-state index in [0.717, 1.165) is 11.8 Å². The van der Waals surface area contributed by atoms with E-state index in [2.05, 4.69) is 22.9 Å². The van der Waals surface area contributed by atoms with E-state index in [4.69, 9.17) is 0 Å². The van der Waals surface area contributed by atoms with Crippen LogP contribution in [0.4, 0.5) is 0 Å². The third kappa shape index (κ3) is 3.34. The topological polar surface area (TPSA) is 40.5 Å². The number of halogens is 1. The molecule has 2 aromatic rings. The van der Waals surface area contributed by atoms with Crippen LogP contribution in [0.3, 0.4) is 0 Å². The summed E-state index contributed by atoms with van der Waals surface area (Å²) in [7, 11) is 0. The highest BCUT2D eigenvalue weighted by atomic mass is 76.9. The van der Waals surface area contributed by atoms with E-state index in [1.165, 1.54) is 11.1 Å². The minimum Gasteiger partial charge on any atom is -0.508 e. The van der Waals surface area contributed by atoms with Gasteiger partial charge in [0.2, 0.25) is 0 Å². The molecule has 0 amide bonds. The molecule has 0 aromatic heterocycles. The van der Waals surface area contributed by atoms with Crippen LogP contribution in [0.5, 0.6) is 11.5 Å². The zero-order valence-corrected chi connectivity index (χ0v) is 13.0. The molecule has 0 saturated heterocycles. The molecule has 20 heavy (non-hydrogen) atoms. The fourth-order valence-electron chi connectivity index (χ4n) is 2.62. The Labute approximate surface area is 128 Å². The van der Waals surface area contributed by atoms with Crippen molar-refractivity contribution < 1.29 is 10.2 Å². The van der Waals surface area contributed by atoms with E-state index >= 15 is 0 Å². The van der Waals surface area contributed by atoms with Crippen LogP contribution >= 0.6 is 15.9 Å². The van der Waals surface area contributed by atoms with Crippen molar-refractivity contribution in [3.05, 3.63) is 59.7 Å². The summed E-state index contributed by atoms with van der Waals surface area (Å²) in [4.78, 5) is 0. The minimum atomic E-state index is 0.291. The molecule has 2 rings (SSSR count). The van der Waals surface area contributed by atoms with E-state index in [-0.39, 0.29) is 0 Å². The largest absolute Gasteiger partial charge is 0.508 e. The van der Waals surface area contributed by atoms with Gasteiger partial charge in [0.15, 0.2) is 0 Å². The molecule has 0 radical (unpaired) electrons. The molecule has 0 aliphatic carbocycles. The monoisotopic (exact) mass is 332 g/mol. The number of hydrogen-bond acceptors (Lipinski definition) is 2. The average Bonchev–Trinajstić information content (AvgIpc) is 2.47. The van der Waals surface area contributed by atoms with Crippen molar-refractivity contribution in [1.82, 2.24) is 0 Å². The van der Waals surface area contributed by atoms with Crippen molar-refractivity contribution in [2.75, 3.05) is 5.33 Å². The van der Waals surface area contributed by atoms with Gasteiger partial charge in [0.1, 0.15) is 11.5 Å². The van der Waals surface area contributed by atoms with Crippen molar-refractivity contribution in [1.29, 1.82) is 0 Å². The van der Waals surface area contributed by atoms with Gasteiger partial charge in [-0.1, -0.05) is 47.1 Å². The van der Waals surface area contributed by atoms with Gasteiger partial charge in [0.05, 0.1) is 0 Å². The number of phenols is 2. The highest BCUT2D eigenvalue weighted by Crippen LogP contribution is 2.37. The lowest BCUT2D eigenvalue weighted by atomic mass is 9.81. The Morgan fingerprint density at radius 3 is 1.55 bits per heavy atom. The van der Waals surface area contributed by atoms with Crippen LogP contribution in [-0.2, 0) is 0 Å². The normalized spacial score (nSPS) is 13.9. The zero-order chi connectivity index (χ0) is 14.5. The maximum atomic E-state index is 9.42. The van der Waals surface area contributed by atoms with Gasteiger partial charge in [-0.25, -0.2) is 0 Å². The van der Waals surface area contributed by atoms with E-state index in [9.17, 15) is 10.2 Å². The molecule has 2 N–H and O–H groups in total. The Hall–Kier alpha value is -1.48. The van der Waals surface area contributed by atoms with Gasteiger partial charge in [0, 0.05) is 11.2 Å². The molecule has 106 valence electrons. The van der Waals surface area contributed by atoms with E-state index in [1.807, 2.05) is 24.3 Å². The Balaban J connectivity index is 2.32. The van der Waals surface area contributed by atoms with Crippen LogP contribution in [0, 0.1) is 0 Å². The van der Waals surface area contributed by atoms with Gasteiger partial charge in [-0.2, -0.15) is 0 Å². The predicted molar refractivity (Wildman–Crippen MR) is 85.8 cm³/mol. The number of aromatic hydroxyl groups is 2. The summed E-state index contributed by atoms with van der Waals surface area (Å²) in [5, 5.41) is 19.7. The van der Waals surface area contributed by atoms with E-state index in [0.29, 0.717) is 23.3 Å². The summed E-state index contributed by atoms with van der Waals surface area (Å²) in [5.41, 5.74) is 2.43. The molecular weight excluding hydrogens is 313 g/mol. The smallest absolute Gasteiger partial charge is 0.115 e. The second-order valence-electron chi connectivity index (χ2n) is 4.96. The molecule has 0 heterocycles. The molecule has 2 nitrogen and oxygen atoms in total. The lowest BCUT2D eigenvalue weighted by Gasteiger charge is -2.25. The second kappa shape index (κ2) is 6.80. The quantitative estimate of drug-likeness (QED) is 0.774. The van der Waals surface area contributed by atoms with Crippen molar-refractivity contribution >= 4 is 15.9 Å². The molecular formula is C17H19BrO2. The number of hydrogen-bond donors (Lipinski definition) is 2. The zero-order valence-electron chi connectivity index (χ0n) is 11.5. The lowest BCUT2D eigenvalue weighted by molar-refractivity contribution is 0.472. The fourth-order valence-corrected chi connectivity index (χ4v) is 3.45. The molecule has 0 fully saturated rings.